The van der Waals surface area contributed by atoms with E-state index in [1.807, 2.05) is 47.0 Å². The number of aromatic nitrogens is 6. The van der Waals surface area contributed by atoms with Crippen molar-refractivity contribution in [2.75, 3.05) is 11.1 Å². The molecule has 0 aliphatic heterocycles. The molecule has 0 atom stereocenters. The third-order valence-electron chi connectivity index (χ3n) is 6.06. The highest BCUT2D eigenvalue weighted by Crippen LogP contribution is 2.27. The zero-order chi connectivity index (χ0) is 25.4. The summed E-state index contributed by atoms with van der Waals surface area (Å²) >= 11 is 0. The summed E-state index contributed by atoms with van der Waals surface area (Å²) in [5.41, 5.74) is 11.3. The topological polar surface area (TPSA) is 110 Å². The molecule has 0 aliphatic carbocycles. The van der Waals surface area contributed by atoms with Gasteiger partial charge in [-0.05, 0) is 29.8 Å². The van der Waals surface area contributed by atoms with Crippen molar-refractivity contribution < 1.29 is 8.78 Å². The first-order chi connectivity index (χ1) is 18.0. The highest BCUT2D eigenvalue weighted by molar-refractivity contribution is 5.85. The van der Waals surface area contributed by atoms with E-state index >= 15 is 0 Å². The van der Waals surface area contributed by atoms with Crippen LogP contribution in [0.4, 0.5) is 20.3 Å². The molecule has 0 bridgehead atoms. The van der Waals surface area contributed by atoms with E-state index in [-0.39, 0.29) is 5.56 Å². The molecule has 4 N–H and O–H groups in total. The normalized spacial score (nSPS) is 11.5. The summed E-state index contributed by atoms with van der Waals surface area (Å²) in [7, 11) is 0. The molecule has 0 radical (unpaired) electrons. The first-order valence-corrected chi connectivity index (χ1v) is 11.7. The molecule has 0 unspecified atom stereocenters. The van der Waals surface area contributed by atoms with Crippen molar-refractivity contribution in [2.45, 2.75) is 19.5 Å². The zero-order valence-corrected chi connectivity index (χ0v) is 19.6. The van der Waals surface area contributed by atoms with Crippen LogP contribution in [0.25, 0.3) is 33.6 Å². The predicted octanol–water partition coefficient (Wildman–Crippen LogP) is 5.55. The van der Waals surface area contributed by atoms with Gasteiger partial charge >= 0.3 is 0 Å². The molecule has 0 aliphatic rings. The molecule has 0 saturated heterocycles. The molecule has 0 amide bonds. The minimum Gasteiger partial charge on any atom is -0.399 e. The smallest absolute Gasteiger partial charge is 0.263 e. The Hall–Kier alpha value is -4.86. The molecule has 3 heterocycles. The van der Waals surface area contributed by atoms with E-state index in [9.17, 15) is 8.78 Å². The van der Waals surface area contributed by atoms with Gasteiger partial charge in [0.15, 0.2) is 17.3 Å². The number of fused-ring (bicyclic) bond motifs is 2. The summed E-state index contributed by atoms with van der Waals surface area (Å²) < 4.78 is 27.8. The number of nitrogen functional groups attached to an aromatic ring is 1. The van der Waals surface area contributed by atoms with Gasteiger partial charge in [0.1, 0.15) is 11.3 Å². The fourth-order valence-corrected chi connectivity index (χ4v) is 4.21. The molecule has 3 aromatic carbocycles. The van der Waals surface area contributed by atoms with Gasteiger partial charge in [0.05, 0.1) is 30.5 Å². The molecular formula is C27H22F2N8. The Kier molecular flexibility index (Phi) is 5.68. The van der Waals surface area contributed by atoms with Crippen LogP contribution >= 0.6 is 0 Å². The Morgan fingerprint density at radius 1 is 0.946 bits per heavy atom. The van der Waals surface area contributed by atoms with Crippen LogP contribution in [0.5, 0.6) is 0 Å². The van der Waals surface area contributed by atoms with E-state index < -0.39 is 6.43 Å². The van der Waals surface area contributed by atoms with Crippen LogP contribution in [-0.4, -0.2) is 29.5 Å². The van der Waals surface area contributed by atoms with Crippen LogP contribution in [0.3, 0.4) is 0 Å². The van der Waals surface area contributed by atoms with Crippen LogP contribution in [0.2, 0.25) is 0 Å². The second-order valence-corrected chi connectivity index (χ2v) is 8.66. The highest BCUT2D eigenvalue weighted by Gasteiger charge is 2.16. The summed E-state index contributed by atoms with van der Waals surface area (Å²) in [6, 6.07) is 21.4. The van der Waals surface area contributed by atoms with Crippen molar-refractivity contribution in [1.82, 2.24) is 29.5 Å². The number of nitrogens with two attached hydrogens (primary N) is 1. The van der Waals surface area contributed by atoms with Crippen molar-refractivity contribution in [3.8, 4) is 11.4 Å². The Labute approximate surface area is 210 Å². The second-order valence-electron chi connectivity index (χ2n) is 8.66. The highest BCUT2D eigenvalue weighted by atomic mass is 19.3. The molecule has 8 nitrogen and oxygen atoms in total. The van der Waals surface area contributed by atoms with Crippen LogP contribution in [0, 0.1) is 0 Å². The van der Waals surface area contributed by atoms with Gasteiger partial charge in [0.2, 0.25) is 0 Å². The average molecular weight is 497 g/mol. The lowest BCUT2D eigenvalue weighted by Gasteiger charge is -2.10. The van der Waals surface area contributed by atoms with Crippen molar-refractivity contribution in [1.29, 1.82) is 0 Å². The monoisotopic (exact) mass is 496 g/mol. The lowest BCUT2D eigenvalue weighted by Crippen LogP contribution is -2.07. The minimum atomic E-state index is -2.50. The minimum absolute atomic E-state index is 0.0115. The number of H-pyrrole nitrogens is 1. The zero-order valence-electron chi connectivity index (χ0n) is 19.6. The number of hydrogen-bond donors (Lipinski definition) is 3. The van der Waals surface area contributed by atoms with E-state index in [1.165, 1.54) is 12.1 Å². The number of para-hydroxylation sites is 2. The van der Waals surface area contributed by atoms with Gasteiger partial charge in [-0.1, -0.05) is 48.5 Å². The third kappa shape index (κ3) is 4.56. The molecule has 6 aromatic rings. The number of anilines is 2. The maximum atomic E-state index is 13.0. The summed E-state index contributed by atoms with van der Waals surface area (Å²) in [5, 5.41) is 3.35. The number of nitrogens with zero attached hydrogens (tertiary/aromatic N) is 5. The SMILES string of the molecule is Nc1cccc(-c2nc(NCc3nc4ccccc4[nH]3)c3ncn(Cc4ccc(C(F)F)cc4)c3n2)c1. The number of alkyl halides is 2. The molecule has 0 spiro atoms. The van der Waals surface area contributed by atoms with E-state index in [4.69, 9.17) is 15.7 Å². The number of nitrogens with one attached hydrogen (secondary N) is 2. The summed E-state index contributed by atoms with van der Waals surface area (Å²) in [6.07, 6.45) is -0.826. The van der Waals surface area contributed by atoms with Gasteiger partial charge in [-0.2, -0.15) is 0 Å². The fraction of sp³-hybridized carbons (Fsp3) is 0.111. The Balaban J connectivity index is 1.38. The summed E-state index contributed by atoms with van der Waals surface area (Å²) in [4.78, 5) is 22.0. The number of benzene rings is 3. The van der Waals surface area contributed by atoms with Crippen molar-refractivity contribution in [2.24, 2.45) is 0 Å². The van der Waals surface area contributed by atoms with Crippen LogP contribution < -0.4 is 11.1 Å². The van der Waals surface area contributed by atoms with Gasteiger partial charge in [-0.3, -0.25) is 0 Å². The lowest BCUT2D eigenvalue weighted by molar-refractivity contribution is 0.151. The van der Waals surface area contributed by atoms with Gasteiger partial charge in [0.25, 0.3) is 6.43 Å². The number of aromatic amines is 1. The van der Waals surface area contributed by atoms with Crippen LogP contribution in [0.15, 0.2) is 79.1 Å². The number of hydrogen-bond acceptors (Lipinski definition) is 6. The van der Waals surface area contributed by atoms with Crippen molar-refractivity contribution in [3.63, 3.8) is 0 Å². The molecule has 184 valence electrons. The van der Waals surface area contributed by atoms with Crippen molar-refractivity contribution in [3.05, 3.63) is 96.1 Å². The molecule has 3 aromatic heterocycles. The Morgan fingerprint density at radius 3 is 2.57 bits per heavy atom. The Morgan fingerprint density at radius 2 is 1.78 bits per heavy atom. The maximum absolute atomic E-state index is 13.0. The van der Waals surface area contributed by atoms with E-state index in [0.717, 1.165) is 28.0 Å². The molecule has 0 fully saturated rings. The fourth-order valence-electron chi connectivity index (χ4n) is 4.21. The largest absolute Gasteiger partial charge is 0.399 e. The molecule has 37 heavy (non-hydrogen) atoms. The molecule has 0 saturated carbocycles. The van der Waals surface area contributed by atoms with Crippen LogP contribution in [0.1, 0.15) is 23.4 Å². The molecular weight excluding hydrogens is 474 g/mol. The lowest BCUT2D eigenvalue weighted by atomic mass is 10.1. The predicted molar refractivity (Wildman–Crippen MR) is 139 cm³/mol. The van der Waals surface area contributed by atoms with Gasteiger partial charge in [-0.15, -0.1) is 0 Å². The van der Waals surface area contributed by atoms with Gasteiger partial charge < -0.3 is 20.6 Å². The van der Waals surface area contributed by atoms with Crippen LogP contribution in [-0.2, 0) is 13.1 Å². The van der Waals surface area contributed by atoms with Gasteiger partial charge in [-0.25, -0.2) is 28.7 Å². The second kappa shape index (κ2) is 9.30. The number of rotatable bonds is 7. The number of halogens is 2. The first-order valence-electron chi connectivity index (χ1n) is 11.7. The summed E-state index contributed by atoms with van der Waals surface area (Å²) in [6.45, 7) is 0.815. The van der Waals surface area contributed by atoms with E-state index in [0.29, 0.717) is 41.6 Å². The van der Waals surface area contributed by atoms with Crippen molar-refractivity contribution >= 4 is 33.7 Å². The quantitative estimate of drug-likeness (QED) is 0.250. The molecule has 6 rings (SSSR count). The van der Waals surface area contributed by atoms with Gasteiger partial charge in [0, 0.05) is 16.8 Å². The average Bonchev–Trinajstić information content (AvgIpc) is 3.51. The third-order valence-corrected chi connectivity index (χ3v) is 6.06. The number of imidazole rings is 2. The molecule has 10 heteroatoms. The summed E-state index contributed by atoms with van der Waals surface area (Å²) in [5.74, 6) is 1.80. The van der Waals surface area contributed by atoms with E-state index in [2.05, 4.69) is 20.3 Å². The maximum Gasteiger partial charge on any atom is 0.263 e. The van der Waals surface area contributed by atoms with E-state index in [1.54, 1.807) is 24.5 Å². The standard InChI is InChI=1S/C27H22F2N8/c28-24(29)17-10-8-16(9-11-17)14-37-15-32-23-26(31-13-22-33-20-6-1-2-7-21(20)34-22)35-25(36-27(23)37)18-4-3-5-19(30)12-18/h1-12,15,24H,13-14,30H2,(H,33,34)(H,31,35,36). The Bertz CT molecular complexity index is 1670. The first kappa shape index (κ1) is 22.6.